The first kappa shape index (κ1) is 17.8. The number of methoxy groups -OCH3 is 1. The van der Waals surface area contributed by atoms with Gasteiger partial charge >= 0.3 is 0 Å². The van der Waals surface area contributed by atoms with Crippen molar-refractivity contribution >= 4 is 0 Å². The lowest BCUT2D eigenvalue weighted by atomic mass is 10.0. The fraction of sp³-hybridized carbons (Fsp3) is 1.00. The molecule has 0 amide bonds. The molecule has 4 nitrogen and oxygen atoms in total. The van der Waals surface area contributed by atoms with Crippen LogP contribution in [0.3, 0.4) is 0 Å². The van der Waals surface area contributed by atoms with Gasteiger partial charge in [-0.1, -0.05) is 26.7 Å². The standard InChI is InChI=1S/C14H31NO3/c1-12(2)6-5-7-13(3)15-10-14(16)11-18-9-8-17-4/h12-16H,5-11H2,1-4H3. The van der Waals surface area contributed by atoms with Crippen LogP contribution in [-0.2, 0) is 9.47 Å². The summed E-state index contributed by atoms with van der Waals surface area (Å²) in [6.45, 7) is 8.74. The third kappa shape index (κ3) is 12.3. The van der Waals surface area contributed by atoms with E-state index >= 15 is 0 Å². The number of ether oxygens (including phenoxy) is 2. The molecule has 0 fully saturated rings. The zero-order valence-corrected chi connectivity index (χ0v) is 12.4. The molecule has 0 aliphatic heterocycles. The Labute approximate surface area is 112 Å². The van der Waals surface area contributed by atoms with Crippen molar-refractivity contribution in [2.45, 2.75) is 52.2 Å². The summed E-state index contributed by atoms with van der Waals surface area (Å²) in [7, 11) is 1.64. The van der Waals surface area contributed by atoms with Gasteiger partial charge in [-0.25, -0.2) is 0 Å². The second kappa shape index (κ2) is 11.9. The monoisotopic (exact) mass is 261 g/mol. The lowest BCUT2D eigenvalue weighted by Gasteiger charge is -2.17. The Balaban J connectivity index is 3.38. The smallest absolute Gasteiger partial charge is 0.0897 e. The Morgan fingerprint density at radius 1 is 1.11 bits per heavy atom. The number of aliphatic hydroxyl groups is 1. The molecule has 110 valence electrons. The van der Waals surface area contributed by atoms with E-state index in [4.69, 9.17) is 9.47 Å². The van der Waals surface area contributed by atoms with Crippen molar-refractivity contribution in [2.75, 3.05) is 33.5 Å². The molecule has 0 saturated heterocycles. The van der Waals surface area contributed by atoms with Gasteiger partial charge in [-0.05, 0) is 19.3 Å². The Hall–Kier alpha value is -0.160. The summed E-state index contributed by atoms with van der Waals surface area (Å²) in [5, 5.41) is 13.0. The van der Waals surface area contributed by atoms with Gasteiger partial charge in [-0.15, -0.1) is 0 Å². The summed E-state index contributed by atoms with van der Waals surface area (Å²) < 4.78 is 10.1. The maximum atomic E-state index is 9.68. The summed E-state index contributed by atoms with van der Waals surface area (Å²) >= 11 is 0. The quantitative estimate of drug-likeness (QED) is 0.526. The number of hydrogen-bond donors (Lipinski definition) is 2. The van der Waals surface area contributed by atoms with Crippen molar-refractivity contribution in [3.63, 3.8) is 0 Å². The maximum absolute atomic E-state index is 9.68. The molecular formula is C14H31NO3. The van der Waals surface area contributed by atoms with E-state index < -0.39 is 6.10 Å². The van der Waals surface area contributed by atoms with Gasteiger partial charge in [-0.3, -0.25) is 0 Å². The summed E-state index contributed by atoms with van der Waals surface area (Å²) in [5.41, 5.74) is 0. The van der Waals surface area contributed by atoms with E-state index in [1.165, 1.54) is 12.8 Å². The van der Waals surface area contributed by atoms with Crippen molar-refractivity contribution < 1.29 is 14.6 Å². The third-order valence-electron chi connectivity index (χ3n) is 2.86. The summed E-state index contributed by atoms with van der Waals surface area (Å²) in [6.07, 6.45) is 3.24. The third-order valence-corrected chi connectivity index (χ3v) is 2.86. The lowest BCUT2D eigenvalue weighted by Crippen LogP contribution is -2.36. The molecule has 0 aromatic heterocycles. The highest BCUT2D eigenvalue weighted by Gasteiger charge is 2.07. The molecule has 18 heavy (non-hydrogen) atoms. The zero-order valence-electron chi connectivity index (χ0n) is 12.4. The molecule has 2 unspecified atom stereocenters. The fourth-order valence-electron chi connectivity index (χ4n) is 1.69. The molecular weight excluding hydrogens is 230 g/mol. The van der Waals surface area contributed by atoms with Gasteiger partial charge in [0, 0.05) is 19.7 Å². The molecule has 0 rings (SSSR count). The normalized spacial score (nSPS) is 15.0. The minimum atomic E-state index is -0.436. The summed E-state index contributed by atoms with van der Waals surface area (Å²) in [5.74, 6) is 0.775. The number of rotatable bonds is 12. The first-order valence-electron chi connectivity index (χ1n) is 7.04. The second-order valence-electron chi connectivity index (χ2n) is 5.36. The summed E-state index contributed by atoms with van der Waals surface area (Å²) in [4.78, 5) is 0. The Morgan fingerprint density at radius 3 is 2.44 bits per heavy atom. The molecule has 4 heteroatoms. The van der Waals surface area contributed by atoms with Gasteiger partial charge in [-0.2, -0.15) is 0 Å². The molecule has 0 bridgehead atoms. The molecule has 0 aromatic carbocycles. The second-order valence-corrected chi connectivity index (χ2v) is 5.36. The van der Waals surface area contributed by atoms with Gasteiger partial charge in [0.05, 0.1) is 25.9 Å². The minimum absolute atomic E-state index is 0.370. The van der Waals surface area contributed by atoms with E-state index in [1.807, 2.05) is 0 Å². The van der Waals surface area contributed by atoms with Crippen LogP contribution in [-0.4, -0.2) is 50.7 Å². The van der Waals surface area contributed by atoms with Crippen molar-refractivity contribution in [2.24, 2.45) is 5.92 Å². The number of aliphatic hydroxyl groups excluding tert-OH is 1. The van der Waals surface area contributed by atoms with Crippen LogP contribution < -0.4 is 5.32 Å². The molecule has 0 radical (unpaired) electrons. The Morgan fingerprint density at radius 2 is 1.83 bits per heavy atom. The number of nitrogens with one attached hydrogen (secondary N) is 1. The number of hydrogen-bond acceptors (Lipinski definition) is 4. The van der Waals surface area contributed by atoms with Gasteiger partial charge < -0.3 is 19.9 Å². The molecule has 0 aliphatic rings. The van der Waals surface area contributed by atoms with E-state index in [0.29, 0.717) is 32.4 Å². The van der Waals surface area contributed by atoms with Crippen LogP contribution in [0.1, 0.15) is 40.0 Å². The minimum Gasteiger partial charge on any atom is -0.389 e. The molecule has 0 saturated carbocycles. The van der Waals surface area contributed by atoms with Crippen LogP contribution in [0.4, 0.5) is 0 Å². The van der Waals surface area contributed by atoms with Crippen LogP contribution in [0.15, 0.2) is 0 Å². The highest BCUT2D eigenvalue weighted by Crippen LogP contribution is 2.08. The van der Waals surface area contributed by atoms with E-state index in [1.54, 1.807) is 7.11 Å². The fourth-order valence-corrected chi connectivity index (χ4v) is 1.69. The van der Waals surface area contributed by atoms with Crippen LogP contribution in [0, 0.1) is 5.92 Å². The van der Waals surface area contributed by atoms with E-state index in [9.17, 15) is 5.11 Å². The maximum Gasteiger partial charge on any atom is 0.0897 e. The highest BCUT2D eigenvalue weighted by molar-refractivity contribution is 4.65. The average molecular weight is 261 g/mol. The Kier molecular flexibility index (Phi) is 11.8. The molecule has 2 atom stereocenters. The van der Waals surface area contributed by atoms with Gasteiger partial charge in [0.15, 0.2) is 0 Å². The predicted octanol–water partition coefficient (Wildman–Crippen LogP) is 1.81. The van der Waals surface area contributed by atoms with Crippen LogP contribution in [0.25, 0.3) is 0 Å². The molecule has 0 spiro atoms. The van der Waals surface area contributed by atoms with Crippen LogP contribution in [0.2, 0.25) is 0 Å². The SMILES string of the molecule is COCCOCC(O)CNC(C)CCCC(C)C. The van der Waals surface area contributed by atoms with E-state index in [0.717, 1.165) is 12.3 Å². The average Bonchev–Trinajstić information content (AvgIpc) is 2.31. The lowest BCUT2D eigenvalue weighted by molar-refractivity contribution is 0.0130. The van der Waals surface area contributed by atoms with Crippen molar-refractivity contribution in [1.82, 2.24) is 5.32 Å². The first-order chi connectivity index (χ1) is 8.56. The first-order valence-corrected chi connectivity index (χ1v) is 7.04. The van der Waals surface area contributed by atoms with Crippen LogP contribution in [0.5, 0.6) is 0 Å². The van der Waals surface area contributed by atoms with Crippen molar-refractivity contribution in [3.05, 3.63) is 0 Å². The molecule has 2 N–H and O–H groups in total. The van der Waals surface area contributed by atoms with Gasteiger partial charge in [0.1, 0.15) is 0 Å². The highest BCUT2D eigenvalue weighted by atomic mass is 16.5. The topological polar surface area (TPSA) is 50.7 Å². The van der Waals surface area contributed by atoms with Gasteiger partial charge in [0.25, 0.3) is 0 Å². The van der Waals surface area contributed by atoms with E-state index in [-0.39, 0.29) is 0 Å². The molecule has 0 heterocycles. The zero-order chi connectivity index (χ0) is 13.8. The van der Waals surface area contributed by atoms with Crippen molar-refractivity contribution in [1.29, 1.82) is 0 Å². The molecule has 0 aromatic rings. The summed E-state index contributed by atoms with van der Waals surface area (Å²) in [6, 6.07) is 0.456. The molecule has 0 aliphatic carbocycles. The Bertz CT molecular complexity index is 176. The van der Waals surface area contributed by atoms with Crippen molar-refractivity contribution in [3.8, 4) is 0 Å². The largest absolute Gasteiger partial charge is 0.389 e. The predicted molar refractivity (Wildman–Crippen MR) is 74.9 cm³/mol. The van der Waals surface area contributed by atoms with Gasteiger partial charge in [0.2, 0.25) is 0 Å². The van der Waals surface area contributed by atoms with Crippen LogP contribution >= 0.6 is 0 Å². The van der Waals surface area contributed by atoms with E-state index in [2.05, 4.69) is 26.1 Å².